The molecule has 0 saturated heterocycles. The maximum atomic E-state index is 12.9. The first-order valence-corrected chi connectivity index (χ1v) is 10.0. The first-order valence-electron chi connectivity index (χ1n) is 8.57. The zero-order chi connectivity index (χ0) is 19.2. The summed E-state index contributed by atoms with van der Waals surface area (Å²) in [6.07, 6.45) is 1.57. The molecule has 2 aliphatic heterocycles. The number of rotatable bonds is 3. The van der Waals surface area contributed by atoms with Gasteiger partial charge < -0.3 is 9.64 Å². The third-order valence-corrected chi connectivity index (χ3v) is 6.68. The van der Waals surface area contributed by atoms with E-state index in [1.54, 1.807) is 36.3 Å². The van der Waals surface area contributed by atoms with Crippen LogP contribution in [-0.2, 0) is 21.2 Å². The second-order valence-corrected chi connectivity index (χ2v) is 8.29. The predicted molar refractivity (Wildman–Crippen MR) is 98.3 cm³/mol. The fraction of sp³-hybridized carbons (Fsp3) is 0.263. The molecule has 0 bridgehead atoms. The molecule has 2 amide bonds. The number of hydrogen-bond acceptors (Lipinski definition) is 5. The molecular formula is C19H18N2O5S. The number of amides is 2. The number of anilines is 1. The largest absolute Gasteiger partial charge is 0.497 e. The summed E-state index contributed by atoms with van der Waals surface area (Å²) in [5, 5.41) is 0. The molecule has 140 valence electrons. The van der Waals surface area contributed by atoms with Gasteiger partial charge in [-0.3, -0.25) is 9.59 Å². The van der Waals surface area contributed by atoms with Crippen LogP contribution in [0.4, 0.5) is 5.69 Å². The highest BCUT2D eigenvalue weighted by Gasteiger charge is 2.42. The number of methoxy groups -OCH3 is 1. The molecule has 2 heterocycles. The summed E-state index contributed by atoms with van der Waals surface area (Å²) in [7, 11) is -2.42. The minimum Gasteiger partial charge on any atom is -0.497 e. The van der Waals surface area contributed by atoms with Crippen LogP contribution in [0.1, 0.15) is 22.3 Å². The Hall–Kier alpha value is -2.87. The number of benzene rings is 2. The summed E-state index contributed by atoms with van der Waals surface area (Å²) >= 11 is 0. The van der Waals surface area contributed by atoms with Gasteiger partial charge in [0.2, 0.25) is 5.91 Å². The first kappa shape index (κ1) is 17.5. The van der Waals surface area contributed by atoms with Crippen LogP contribution >= 0.6 is 0 Å². The van der Waals surface area contributed by atoms with Gasteiger partial charge in [0.15, 0.2) is 0 Å². The van der Waals surface area contributed by atoms with Crippen molar-refractivity contribution in [2.24, 2.45) is 0 Å². The van der Waals surface area contributed by atoms with Crippen molar-refractivity contribution in [3.8, 4) is 5.75 Å². The Balaban J connectivity index is 1.62. The van der Waals surface area contributed by atoms with Crippen molar-refractivity contribution in [1.29, 1.82) is 0 Å². The fourth-order valence-electron chi connectivity index (χ4n) is 3.55. The predicted octanol–water partition coefficient (Wildman–Crippen LogP) is 1.82. The molecule has 2 aliphatic rings. The number of nitrogens with zero attached hydrogens (tertiary/aromatic N) is 2. The molecule has 27 heavy (non-hydrogen) atoms. The van der Waals surface area contributed by atoms with Crippen LogP contribution in [0.2, 0.25) is 0 Å². The zero-order valence-corrected chi connectivity index (χ0v) is 15.5. The van der Waals surface area contributed by atoms with E-state index < -0.39 is 28.4 Å². The van der Waals surface area contributed by atoms with E-state index >= 15 is 0 Å². The van der Waals surface area contributed by atoms with Crippen LogP contribution in [0, 0.1) is 0 Å². The van der Waals surface area contributed by atoms with E-state index in [2.05, 4.69) is 0 Å². The van der Waals surface area contributed by atoms with E-state index in [1.807, 2.05) is 6.07 Å². The van der Waals surface area contributed by atoms with Crippen molar-refractivity contribution in [2.75, 3.05) is 25.1 Å². The second kappa shape index (κ2) is 6.38. The summed E-state index contributed by atoms with van der Waals surface area (Å²) in [6, 6.07) is 11.4. The molecule has 0 atom stereocenters. The van der Waals surface area contributed by atoms with E-state index in [1.165, 1.54) is 12.1 Å². The molecule has 7 nitrogen and oxygen atoms in total. The molecule has 0 radical (unpaired) electrons. The van der Waals surface area contributed by atoms with Crippen LogP contribution in [0.5, 0.6) is 5.75 Å². The minimum atomic E-state index is -4.00. The monoisotopic (exact) mass is 386 g/mol. The maximum absolute atomic E-state index is 12.9. The van der Waals surface area contributed by atoms with Crippen LogP contribution in [0.25, 0.3) is 0 Å². The summed E-state index contributed by atoms with van der Waals surface area (Å²) < 4.78 is 31.2. The molecule has 4 rings (SSSR count). The second-order valence-electron chi connectivity index (χ2n) is 6.46. The molecular weight excluding hydrogens is 368 g/mol. The first-order chi connectivity index (χ1) is 12.9. The van der Waals surface area contributed by atoms with Crippen molar-refractivity contribution in [3.63, 3.8) is 0 Å². The quantitative estimate of drug-likeness (QED) is 0.803. The average molecular weight is 386 g/mol. The SMILES string of the molecule is COc1ccc2c(c1)CCCN2C(=O)CN1C(=O)c2ccccc2S1(=O)=O. The van der Waals surface area contributed by atoms with Crippen LogP contribution in [0.15, 0.2) is 47.4 Å². The number of sulfonamides is 1. The lowest BCUT2D eigenvalue weighted by atomic mass is 10.0. The number of aryl methyl sites for hydroxylation is 1. The molecule has 0 saturated carbocycles. The highest BCUT2D eigenvalue weighted by molar-refractivity contribution is 7.90. The van der Waals surface area contributed by atoms with Gasteiger partial charge in [-0.25, -0.2) is 12.7 Å². The lowest BCUT2D eigenvalue weighted by Gasteiger charge is -2.30. The van der Waals surface area contributed by atoms with Crippen molar-refractivity contribution < 1.29 is 22.7 Å². The van der Waals surface area contributed by atoms with E-state index in [9.17, 15) is 18.0 Å². The van der Waals surface area contributed by atoms with Gasteiger partial charge in [0.05, 0.1) is 12.7 Å². The molecule has 8 heteroatoms. The molecule has 2 aromatic rings. The Morgan fingerprint density at radius 2 is 1.96 bits per heavy atom. The topological polar surface area (TPSA) is 84.0 Å². The van der Waals surface area contributed by atoms with Crippen molar-refractivity contribution in [2.45, 2.75) is 17.7 Å². The standard InChI is InChI=1S/C19H18N2O5S/c1-26-14-8-9-16-13(11-14)5-4-10-20(16)18(22)12-21-19(23)15-6-2-3-7-17(15)27(21,24)25/h2-3,6-9,11H,4-5,10,12H2,1H3. The van der Waals surface area contributed by atoms with Crippen LogP contribution in [-0.4, -0.2) is 44.7 Å². The van der Waals surface area contributed by atoms with Crippen LogP contribution < -0.4 is 9.64 Å². The number of hydrogen-bond donors (Lipinski definition) is 0. The highest BCUT2D eigenvalue weighted by Crippen LogP contribution is 2.33. The molecule has 2 aromatic carbocycles. The van der Waals surface area contributed by atoms with Gasteiger partial charge in [-0.1, -0.05) is 12.1 Å². The van der Waals surface area contributed by atoms with E-state index in [4.69, 9.17) is 4.74 Å². The Labute approximate surface area is 157 Å². The lowest BCUT2D eigenvalue weighted by molar-refractivity contribution is -0.118. The summed E-state index contributed by atoms with van der Waals surface area (Å²) in [5.41, 5.74) is 1.80. The average Bonchev–Trinajstić information content (AvgIpc) is 2.88. The normalized spacial score (nSPS) is 17.4. The molecule has 0 spiro atoms. The number of fused-ring (bicyclic) bond motifs is 2. The molecule has 0 N–H and O–H groups in total. The van der Waals surface area contributed by atoms with Crippen molar-refractivity contribution in [3.05, 3.63) is 53.6 Å². The van der Waals surface area contributed by atoms with Gasteiger partial charge >= 0.3 is 0 Å². The number of carbonyl (C=O) groups excluding carboxylic acids is 2. The Kier molecular flexibility index (Phi) is 4.15. The van der Waals surface area contributed by atoms with Gasteiger partial charge in [0.25, 0.3) is 15.9 Å². The highest BCUT2D eigenvalue weighted by atomic mass is 32.2. The van der Waals surface area contributed by atoms with E-state index in [-0.39, 0.29) is 10.5 Å². The smallest absolute Gasteiger partial charge is 0.269 e. The number of carbonyl (C=O) groups is 2. The van der Waals surface area contributed by atoms with Crippen LogP contribution in [0.3, 0.4) is 0 Å². The summed E-state index contributed by atoms with van der Waals surface area (Å²) in [5.74, 6) is -0.382. The maximum Gasteiger partial charge on any atom is 0.269 e. The summed E-state index contributed by atoms with van der Waals surface area (Å²) in [6.45, 7) is -0.0332. The Morgan fingerprint density at radius 1 is 1.19 bits per heavy atom. The Bertz CT molecular complexity index is 1050. The lowest BCUT2D eigenvalue weighted by Crippen LogP contribution is -2.44. The third kappa shape index (κ3) is 2.76. The number of ether oxygens (including phenoxy) is 1. The molecule has 0 aliphatic carbocycles. The van der Waals surface area contributed by atoms with Gasteiger partial charge in [-0.2, -0.15) is 0 Å². The fourth-order valence-corrected chi connectivity index (χ4v) is 5.07. The van der Waals surface area contributed by atoms with E-state index in [0.29, 0.717) is 16.6 Å². The van der Waals surface area contributed by atoms with Gasteiger partial charge in [-0.15, -0.1) is 0 Å². The van der Waals surface area contributed by atoms with Crippen molar-refractivity contribution >= 4 is 27.5 Å². The molecule has 0 aromatic heterocycles. The zero-order valence-electron chi connectivity index (χ0n) is 14.7. The minimum absolute atomic E-state index is 0.0495. The van der Waals surface area contributed by atoms with Gasteiger partial charge in [0, 0.05) is 12.2 Å². The van der Waals surface area contributed by atoms with Gasteiger partial charge in [-0.05, 0) is 48.7 Å². The Morgan fingerprint density at radius 3 is 2.70 bits per heavy atom. The summed E-state index contributed by atoms with van der Waals surface area (Å²) in [4.78, 5) is 26.9. The third-order valence-electron chi connectivity index (χ3n) is 4.90. The van der Waals surface area contributed by atoms with E-state index in [0.717, 1.165) is 24.1 Å². The molecule has 0 unspecified atom stereocenters. The molecule has 0 fully saturated rings. The van der Waals surface area contributed by atoms with Crippen molar-refractivity contribution in [1.82, 2.24) is 4.31 Å². The van der Waals surface area contributed by atoms with Gasteiger partial charge in [0.1, 0.15) is 17.2 Å².